The van der Waals surface area contributed by atoms with Gasteiger partial charge in [0.1, 0.15) is 0 Å². The third-order valence-electron chi connectivity index (χ3n) is 0.884. The van der Waals surface area contributed by atoms with Crippen molar-refractivity contribution in [1.29, 1.82) is 0 Å². The first kappa shape index (κ1) is 4.38. The molecule has 0 aliphatic heterocycles. The summed E-state index contributed by atoms with van der Waals surface area (Å²) in [4.78, 5) is 0. The third-order valence-corrected chi connectivity index (χ3v) is 0.884. The van der Waals surface area contributed by atoms with Gasteiger partial charge in [-0.1, -0.05) is 0 Å². The maximum atomic E-state index is 9.78. The van der Waals surface area contributed by atoms with Gasteiger partial charge in [-0.05, 0) is 0 Å². The number of hydrogen-bond donors (Lipinski definition) is 0. The Labute approximate surface area is 42.1 Å². The number of rotatable bonds is 0. The fraction of sp³-hybridized carbons (Fsp3) is 0.167. The third kappa shape index (κ3) is 0.801. The molecule has 34 valence electrons. The van der Waals surface area contributed by atoms with E-state index in [2.05, 4.69) is 0 Å². The van der Waals surface area contributed by atoms with Crippen LogP contribution in [0.25, 0.3) is 0 Å². The molecular weight excluding hydrogens is 88.1 g/mol. The summed E-state index contributed by atoms with van der Waals surface area (Å²) in [5.74, 6) is -0.0694. The van der Waals surface area contributed by atoms with Crippen LogP contribution in [0.5, 0.6) is 0 Å². The first-order valence-electron chi connectivity index (χ1n) is 2.16. The zero-order valence-electron chi connectivity index (χ0n) is 3.79. The van der Waals surface area contributed by atoms with Crippen molar-refractivity contribution in [3.05, 3.63) is 24.3 Å². The van der Waals surface area contributed by atoms with Crippen molar-refractivity contribution in [2.24, 2.45) is 5.92 Å². The van der Waals surface area contributed by atoms with Gasteiger partial charge in [0, 0.05) is 0 Å². The first-order chi connectivity index (χ1) is 3.43. The molecule has 0 aromatic carbocycles. The summed E-state index contributed by atoms with van der Waals surface area (Å²) in [6.45, 7) is 0. The van der Waals surface area contributed by atoms with E-state index in [4.69, 9.17) is 0 Å². The molecule has 1 rings (SSSR count). The maximum absolute atomic E-state index is 9.78. The number of allylic oxidation sites excluding steroid dienone is 4. The molecule has 1 aliphatic carbocycles. The second-order valence-electron chi connectivity index (χ2n) is 1.41. The molecule has 0 unspecified atom stereocenters. The molecule has 0 heterocycles. The second-order valence-corrected chi connectivity index (χ2v) is 1.41. The molecule has 0 spiro atoms. The predicted octanol–water partition coefficient (Wildman–Crippen LogP) is 1.12. The Hall–Kier alpha value is -0.780. The van der Waals surface area contributed by atoms with E-state index in [-0.39, 0.29) is 5.92 Å². The standard InChI is InChI=1S/C6H5O/c7-5-6-3-1-2-4-6/h1-4,6H/q+1. The molecule has 0 aromatic rings. The fourth-order valence-electron chi connectivity index (χ4n) is 0.510. The van der Waals surface area contributed by atoms with Gasteiger partial charge >= 0.3 is 41.0 Å². The molecule has 0 saturated heterocycles. The Morgan fingerprint density at radius 2 is 1.86 bits per heavy atom. The second kappa shape index (κ2) is 1.78. The van der Waals surface area contributed by atoms with Gasteiger partial charge in [-0.25, -0.2) is 0 Å². The SMILES string of the molecule is [O+]#CC1C=CC=C1. The fourth-order valence-corrected chi connectivity index (χ4v) is 0.510. The Morgan fingerprint density at radius 1 is 1.29 bits per heavy atom. The van der Waals surface area contributed by atoms with Crippen LogP contribution in [-0.4, -0.2) is 0 Å². The van der Waals surface area contributed by atoms with Crippen LogP contribution in [0.1, 0.15) is 0 Å². The van der Waals surface area contributed by atoms with Crippen LogP contribution in [0.3, 0.4) is 0 Å². The summed E-state index contributed by atoms with van der Waals surface area (Å²) in [5.41, 5.74) is 0. The molecule has 0 N–H and O–H groups in total. The summed E-state index contributed by atoms with van der Waals surface area (Å²) in [6, 6.07) is 0. The van der Waals surface area contributed by atoms with Crippen LogP contribution in [0, 0.1) is 12.1 Å². The average molecular weight is 93.1 g/mol. The molecule has 0 aromatic heterocycles. The topological polar surface area (TPSA) is 19.9 Å². The van der Waals surface area contributed by atoms with E-state index < -0.39 is 0 Å². The van der Waals surface area contributed by atoms with E-state index in [0.29, 0.717) is 0 Å². The molecule has 1 heteroatoms. The summed E-state index contributed by atoms with van der Waals surface area (Å²) in [5, 5.41) is 0. The van der Waals surface area contributed by atoms with Crippen LogP contribution in [0.4, 0.5) is 0 Å². The van der Waals surface area contributed by atoms with Gasteiger partial charge in [0.05, 0.1) is 0 Å². The summed E-state index contributed by atoms with van der Waals surface area (Å²) < 4.78 is 9.78. The Bertz CT molecular complexity index is 136. The van der Waals surface area contributed by atoms with Crippen LogP contribution in [-0.2, 0) is 4.65 Å². The first-order valence-corrected chi connectivity index (χ1v) is 2.16. The monoisotopic (exact) mass is 93.0 g/mol. The van der Waals surface area contributed by atoms with Crippen molar-refractivity contribution < 1.29 is 4.65 Å². The van der Waals surface area contributed by atoms with E-state index in [1.165, 1.54) is 0 Å². The van der Waals surface area contributed by atoms with E-state index in [9.17, 15) is 4.65 Å². The van der Waals surface area contributed by atoms with Crippen molar-refractivity contribution in [1.82, 2.24) is 0 Å². The van der Waals surface area contributed by atoms with Gasteiger partial charge in [0.15, 0.2) is 0 Å². The van der Waals surface area contributed by atoms with Crippen molar-refractivity contribution in [3.63, 3.8) is 0 Å². The zero-order valence-corrected chi connectivity index (χ0v) is 3.79. The Balaban J connectivity index is 2.65. The van der Waals surface area contributed by atoms with Crippen LogP contribution in [0.15, 0.2) is 24.3 Å². The molecular formula is C6H5O+. The van der Waals surface area contributed by atoms with Gasteiger partial charge in [-0.2, -0.15) is 0 Å². The van der Waals surface area contributed by atoms with Gasteiger partial charge < -0.3 is 0 Å². The summed E-state index contributed by atoms with van der Waals surface area (Å²) in [6.07, 6.45) is 9.12. The Kier molecular flexibility index (Phi) is 1.12. The van der Waals surface area contributed by atoms with Crippen molar-refractivity contribution in [2.75, 3.05) is 0 Å². The molecule has 0 fully saturated rings. The van der Waals surface area contributed by atoms with Crippen LogP contribution in [0.2, 0.25) is 0 Å². The molecule has 1 aliphatic rings. The van der Waals surface area contributed by atoms with E-state index in [1.807, 2.05) is 18.3 Å². The number of hydrogen-bond acceptors (Lipinski definition) is 0. The van der Waals surface area contributed by atoms with Gasteiger partial charge in [-0.3, -0.25) is 0 Å². The molecule has 1 nitrogen and oxygen atoms in total. The zero-order chi connectivity index (χ0) is 5.11. The Morgan fingerprint density at radius 3 is 2.14 bits per heavy atom. The minimum absolute atomic E-state index is 0.0694. The van der Waals surface area contributed by atoms with Gasteiger partial charge in [0.2, 0.25) is 0 Å². The van der Waals surface area contributed by atoms with Crippen LogP contribution >= 0.6 is 0 Å². The molecule has 7 heavy (non-hydrogen) atoms. The van der Waals surface area contributed by atoms with Gasteiger partial charge in [-0.15, -0.1) is 0 Å². The van der Waals surface area contributed by atoms with Crippen LogP contribution < -0.4 is 0 Å². The van der Waals surface area contributed by atoms with Crippen molar-refractivity contribution in [3.8, 4) is 6.15 Å². The van der Waals surface area contributed by atoms with Crippen molar-refractivity contribution in [2.45, 2.75) is 0 Å². The van der Waals surface area contributed by atoms with E-state index in [0.717, 1.165) is 0 Å². The molecule has 0 atom stereocenters. The summed E-state index contributed by atoms with van der Waals surface area (Å²) in [7, 11) is 0. The van der Waals surface area contributed by atoms with E-state index >= 15 is 0 Å². The van der Waals surface area contributed by atoms with Crippen molar-refractivity contribution >= 4 is 0 Å². The van der Waals surface area contributed by atoms with Gasteiger partial charge in [0.25, 0.3) is 0 Å². The van der Waals surface area contributed by atoms with E-state index in [1.54, 1.807) is 12.2 Å². The molecule has 0 amide bonds. The summed E-state index contributed by atoms with van der Waals surface area (Å²) >= 11 is 0. The molecule has 0 bridgehead atoms. The average Bonchev–Trinajstić information content (AvgIpc) is 2.14. The minimum atomic E-state index is -0.0694. The normalized spacial score (nSPS) is 17.6. The predicted molar refractivity (Wildman–Crippen MR) is 26.3 cm³/mol. The molecule has 0 radical (unpaired) electrons. The molecule has 0 saturated carbocycles. The quantitative estimate of drug-likeness (QED) is 0.400.